The van der Waals surface area contributed by atoms with Crippen LogP contribution in [0.4, 0.5) is 11.5 Å². The fourth-order valence-corrected chi connectivity index (χ4v) is 3.86. The third kappa shape index (κ3) is 4.02. The van der Waals surface area contributed by atoms with E-state index in [1.807, 2.05) is 24.3 Å². The highest BCUT2D eigenvalue weighted by Crippen LogP contribution is 2.26. The zero-order valence-corrected chi connectivity index (χ0v) is 17.2. The van der Waals surface area contributed by atoms with Crippen molar-refractivity contribution < 1.29 is 0 Å². The lowest BCUT2D eigenvalue weighted by atomic mass is 10.0. The Morgan fingerprint density at radius 1 is 1.27 bits per heavy atom. The number of rotatable bonds is 5. The monoisotopic (exact) mass is 401 g/mol. The SMILES string of the molecule is CCc1ccc(C(=N)c2cc(-c3cccnc3)ncc2N)nc1N1CCCC(N)C1. The Balaban J connectivity index is 1.71. The molecule has 0 aliphatic carbocycles. The molecule has 5 N–H and O–H groups in total. The number of nitrogens with zero attached hydrogens (tertiary/aromatic N) is 4. The average molecular weight is 402 g/mol. The molecule has 4 heterocycles. The molecule has 0 spiro atoms. The number of nitrogens with two attached hydrogens (primary N) is 2. The van der Waals surface area contributed by atoms with E-state index in [0.717, 1.165) is 49.4 Å². The quantitative estimate of drug-likeness (QED) is 0.566. The van der Waals surface area contributed by atoms with Gasteiger partial charge in [0.25, 0.3) is 0 Å². The summed E-state index contributed by atoms with van der Waals surface area (Å²) in [4.78, 5) is 15.7. The predicted molar refractivity (Wildman–Crippen MR) is 121 cm³/mol. The second kappa shape index (κ2) is 8.59. The smallest absolute Gasteiger partial charge is 0.132 e. The van der Waals surface area contributed by atoms with Gasteiger partial charge in [0.05, 0.1) is 29.0 Å². The summed E-state index contributed by atoms with van der Waals surface area (Å²) >= 11 is 0. The number of aryl methyl sites for hydroxylation is 1. The van der Waals surface area contributed by atoms with Crippen LogP contribution in [0.25, 0.3) is 11.3 Å². The normalized spacial score (nSPS) is 16.5. The molecule has 0 aromatic carbocycles. The largest absolute Gasteiger partial charge is 0.397 e. The van der Waals surface area contributed by atoms with Gasteiger partial charge in [-0.1, -0.05) is 13.0 Å². The van der Waals surface area contributed by atoms with E-state index in [9.17, 15) is 0 Å². The topological polar surface area (TPSA) is 118 Å². The summed E-state index contributed by atoms with van der Waals surface area (Å²) in [5.74, 6) is 0.926. The second-order valence-electron chi connectivity index (χ2n) is 7.65. The summed E-state index contributed by atoms with van der Waals surface area (Å²) < 4.78 is 0. The molecule has 0 saturated carbocycles. The summed E-state index contributed by atoms with van der Waals surface area (Å²) in [5.41, 5.74) is 17.1. The highest BCUT2D eigenvalue weighted by atomic mass is 15.2. The van der Waals surface area contributed by atoms with Crippen molar-refractivity contribution in [1.82, 2.24) is 15.0 Å². The number of anilines is 2. The lowest BCUT2D eigenvalue weighted by molar-refractivity contribution is 0.502. The minimum Gasteiger partial charge on any atom is -0.397 e. The maximum Gasteiger partial charge on any atom is 0.132 e. The number of hydrogen-bond donors (Lipinski definition) is 3. The van der Waals surface area contributed by atoms with E-state index in [0.29, 0.717) is 16.9 Å². The van der Waals surface area contributed by atoms with Gasteiger partial charge in [-0.15, -0.1) is 0 Å². The molecule has 1 unspecified atom stereocenters. The highest BCUT2D eigenvalue weighted by molar-refractivity contribution is 6.13. The molecular weight excluding hydrogens is 374 g/mol. The number of pyridine rings is 3. The Bertz CT molecular complexity index is 1050. The molecular formula is C23H27N7. The van der Waals surface area contributed by atoms with Gasteiger partial charge in [0.15, 0.2) is 0 Å². The van der Waals surface area contributed by atoms with Crippen molar-refractivity contribution in [3.63, 3.8) is 0 Å². The average Bonchev–Trinajstić information content (AvgIpc) is 2.79. The van der Waals surface area contributed by atoms with Crippen molar-refractivity contribution in [3.8, 4) is 11.3 Å². The van der Waals surface area contributed by atoms with Crippen LogP contribution in [0.2, 0.25) is 0 Å². The van der Waals surface area contributed by atoms with Crippen LogP contribution >= 0.6 is 0 Å². The first-order valence-electron chi connectivity index (χ1n) is 10.3. The van der Waals surface area contributed by atoms with Crippen molar-refractivity contribution in [2.24, 2.45) is 5.73 Å². The Morgan fingerprint density at radius 2 is 2.13 bits per heavy atom. The second-order valence-corrected chi connectivity index (χ2v) is 7.65. The minimum atomic E-state index is 0.159. The summed E-state index contributed by atoms with van der Waals surface area (Å²) in [5, 5.41) is 8.82. The number of nitrogens with one attached hydrogen (secondary N) is 1. The fourth-order valence-electron chi connectivity index (χ4n) is 3.86. The van der Waals surface area contributed by atoms with Crippen LogP contribution < -0.4 is 16.4 Å². The zero-order chi connectivity index (χ0) is 21.1. The molecule has 7 heteroatoms. The van der Waals surface area contributed by atoms with Crippen LogP contribution in [0.1, 0.15) is 36.6 Å². The molecule has 154 valence electrons. The summed E-state index contributed by atoms with van der Waals surface area (Å²) in [6.07, 6.45) is 8.04. The van der Waals surface area contributed by atoms with Crippen LogP contribution in [0.5, 0.6) is 0 Å². The number of aromatic nitrogens is 3. The molecule has 3 aromatic rings. The van der Waals surface area contributed by atoms with Crippen LogP contribution in [0.15, 0.2) is 48.9 Å². The van der Waals surface area contributed by atoms with Crippen molar-refractivity contribution in [1.29, 1.82) is 5.41 Å². The molecule has 1 saturated heterocycles. The van der Waals surface area contributed by atoms with Crippen molar-refractivity contribution in [2.75, 3.05) is 23.7 Å². The van der Waals surface area contributed by atoms with Gasteiger partial charge >= 0.3 is 0 Å². The van der Waals surface area contributed by atoms with Gasteiger partial charge in [0, 0.05) is 42.7 Å². The van der Waals surface area contributed by atoms with Crippen molar-refractivity contribution >= 4 is 17.2 Å². The van der Waals surface area contributed by atoms with Crippen LogP contribution in [0, 0.1) is 5.41 Å². The molecule has 1 fully saturated rings. The van der Waals surface area contributed by atoms with Gasteiger partial charge in [-0.05, 0) is 49.1 Å². The van der Waals surface area contributed by atoms with Crippen LogP contribution in [-0.2, 0) is 6.42 Å². The first-order chi connectivity index (χ1) is 14.6. The number of piperidine rings is 1. The molecule has 0 radical (unpaired) electrons. The lowest BCUT2D eigenvalue weighted by Gasteiger charge is -2.33. The first kappa shape index (κ1) is 20.0. The Kier molecular flexibility index (Phi) is 5.72. The molecule has 1 aliphatic heterocycles. The molecule has 30 heavy (non-hydrogen) atoms. The summed E-state index contributed by atoms with van der Waals surface area (Å²) in [7, 11) is 0. The van der Waals surface area contributed by atoms with Gasteiger partial charge in [-0.3, -0.25) is 15.4 Å². The summed E-state index contributed by atoms with van der Waals surface area (Å²) in [6.45, 7) is 3.85. The first-order valence-corrected chi connectivity index (χ1v) is 10.3. The standard InChI is InChI=1S/C23H27N7/c1-2-15-7-8-20(29-23(15)30-10-4-6-17(24)14-30)22(26)18-11-21(28-13-19(18)25)16-5-3-9-27-12-16/h3,5,7-9,11-13,17,26H,2,4,6,10,14,24-25H2,1H3. The molecule has 7 nitrogen and oxygen atoms in total. The Hall–Kier alpha value is -3.32. The van der Waals surface area contributed by atoms with Crippen molar-refractivity contribution in [2.45, 2.75) is 32.2 Å². The molecule has 1 aliphatic rings. The van der Waals surface area contributed by atoms with Gasteiger partial charge < -0.3 is 16.4 Å². The maximum absolute atomic E-state index is 8.82. The maximum atomic E-state index is 8.82. The molecule has 0 bridgehead atoms. The van der Waals surface area contributed by atoms with E-state index in [2.05, 4.69) is 27.9 Å². The fraction of sp³-hybridized carbons (Fsp3) is 0.304. The van der Waals surface area contributed by atoms with Gasteiger partial charge in [0.1, 0.15) is 5.82 Å². The molecule has 1 atom stereocenters. The van der Waals surface area contributed by atoms with Crippen LogP contribution in [-0.4, -0.2) is 39.8 Å². The molecule has 4 rings (SSSR count). The highest BCUT2D eigenvalue weighted by Gasteiger charge is 2.22. The molecule has 3 aromatic heterocycles. The van der Waals surface area contributed by atoms with E-state index in [1.165, 1.54) is 5.56 Å². The minimum absolute atomic E-state index is 0.159. The van der Waals surface area contributed by atoms with E-state index >= 15 is 0 Å². The number of nitrogen functional groups attached to an aromatic ring is 1. The Labute approximate surface area is 176 Å². The molecule has 0 amide bonds. The zero-order valence-electron chi connectivity index (χ0n) is 17.2. The number of hydrogen-bond acceptors (Lipinski definition) is 7. The van der Waals surface area contributed by atoms with E-state index in [-0.39, 0.29) is 11.8 Å². The third-order valence-electron chi connectivity index (χ3n) is 5.51. The van der Waals surface area contributed by atoms with Gasteiger partial charge in [-0.2, -0.15) is 0 Å². The third-order valence-corrected chi connectivity index (χ3v) is 5.51. The predicted octanol–water partition coefficient (Wildman–Crippen LogP) is 3.03. The van der Waals surface area contributed by atoms with Crippen LogP contribution in [0.3, 0.4) is 0 Å². The Morgan fingerprint density at radius 3 is 2.87 bits per heavy atom. The van der Waals surface area contributed by atoms with Gasteiger partial charge in [-0.25, -0.2) is 4.98 Å². The van der Waals surface area contributed by atoms with E-state index in [1.54, 1.807) is 18.6 Å². The lowest BCUT2D eigenvalue weighted by Crippen LogP contribution is -2.43. The van der Waals surface area contributed by atoms with E-state index in [4.69, 9.17) is 21.9 Å². The van der Waals surface area contributed by atoms with Gasteiger partial charge in [0.2, 0.25) is 0 Å². The van der Waals surface area contributed by atoms with E-state index < -0.39 is 0 Å². The summed E-state index contributed by atoms with van der Waals surface area (Å²) in [6, 6.07) is 9.75. The van der Waals surface area contributed by atoms with Crippen molar-refractivity contribution in [3.05, 3.63) is 65.7 Å².